The average molecular weight is 309 g/mol. The fourth-order valence-corrected chi connectivity index (χ4v) is 2.80. The minimum Gasteiger partial charge on any atom is -0.399 e. The zero-order chi connectivity index (χ0) is 16.2. The maximum Gasteiger partial charge on any atom is 0.494 e. The van der Waals surface area contributed by atoms with Crippen LogP contribution in [-0.2, 0) is 9.31 Å². The van der Waals surface area contributed by atoms with E-state index < -0.39 is 24.2 Å². The highest BCUT2D eigenvalue weighted by Crippen LogP contribution is 2.37. The lowest BCUT2D eigenvalue weighted by Gasteiger charge is -2.32. The molecule has 0 saturated carbocycles. The van der Waals surface area contributed by atoms with Crippen LogP contribution in [0.15, 0.2) is 24.3 Å². The van der Waals surface area contributed by atoms with Crippen molar-refractivity contribution in [3.05, 3.63) is 24.3 Å². The molecular weight excluding hydrogens is 287 g/mol. The molecule has 0 aliphatic carbocycles. The molecule has 0 aromatic heterocycles. The van der Waals surface area contributed by atoms with E-state index in [1.165, 1.54) is 0 Å². The molecule has 22 heavy (non-hydrogen) atoms. The highest BCUT2D eigenvalue weighted by atomic mass is 19.3. The van der Waals surface area contributed by atoms with Gasteiger partial charge in [-0.15, -0.1) is 0 Å². The number of rotatable bonds is 2. The number of benzene rings is 1. The van der Waals surface area contributed by atoms with Gasteiger partial charge in [0.1, 0.15) is 0 Å². The second kappa shape index (κ2) is 4.93. The Morgan fingerprint density at radius 3 is 2.27 bits per heavy atom. The summed E-state index contributed by atoms with van der Waals surface area (Å²) in [5, 5.41) is 0. The van der Waals surface area contributed by atoms with Gasteiger partial charge in [0.15, 0.2) is 0 Å². The van der Waals surface area contributed by atoms with Crippen LogP contribution in [0.4, 0.5) is 14.5 Å². The predicted molar refractivity (Wildman–Crippen MR) is 83.9 cm³/mol. The first-order valence-corrected chi connectivity index (χ1v) is 7.68. The summed E-state index contributed by atoms with van der Waals surface area (Å²) in [6, 6.07) is 7.53. The summed E-state index contributed by atoms with van der Waals surface area (Å²) < 4.78 is 38.8. The molecule has 2 fully saturated rings. The molecule has 2 saturated heterocycles. The first-order valence-electron chi connectivity index (χ1n) is 7.68. The van der Waals surface area contributed by atoms with Gasteiger partial charge in [0, 0.05) is 18.7 Å². The van der Waals surface area contributed by atoms with Gasteiger partial charge in [-0.2, -0.15) is 0 Å². The first-order chi connectivity index (χ1) is 10.1. The summed E-state index contributed by atoms with van der Waals surface area (Å²) in [7, 11) is -0.465. The topological polar surface area (TPSA) is 21.7 Å². The smallest absolute Gasteiger partial charge is 0.399 e. The number of halogens is 2. The minimum atomic E-state index is -2.60. The largest absolute Gasteiger partial charge is 0.494 e. The zero-order valence-electron chi connectivity index (χ0n) is 13.5. The van der Waals surface area contributed by atoms with Crippen LogP contribution in [0.3, 0.4) is 0 Å². The van der Waals surface area contributed by atoms with Gasteiger partial charge in [-0.25, -0.2) is 8.78 Å². The van der Waals surface area contributed by atoms with E-state index in [0.29, 0.717) is 6.54 Å². The summed E-state index contributed by atoms with van der Waals surface area (Å²) in [5.74, 6) is -2.60. The molecule has 3 nitrogen and oxygen atoms in total. The maximum absolute atomic E-state index is 13.4. The van der Waals surface area contributed by atoms with Gasteiger partial charge in [0.05, 0.1) is 17.7 Å². The van der Waals surface area contributed by atoms with Crippen molar-refractivity contribution < 1.29 is 18.1 Å². The summed E-state index contributed by atoms with van der Waals surface area (Å²) >= 11 is 0. The Morgan fingerprint density at radius 2 is 1.73 bits per heavy atom. The number of alkyl halides is 2. The molecular formula is C16H22BF2NO2. The molecule has 0 unspecified atom stereocenters. The van der Waals surface area contributed by atoms with Crippen LogP contribution in [0.5, 0.6) is 0 Å². The van der Waals surface area contributed by atoms with Crippen molar-refractivity contribution >= 4 is 18.3 Å². The van der Waals surface area contributed by atoms with Crippen LogP contribution in [0.1, 0.15) is 34.1 Å². The Bertz CT molecular complexity index is 561. The van der Waals surface area contributed by atoms with Gasteiger partial charge < -0.3 is 14.2 Å². The second-order valence-electron chi connectivity index (χ2n) is 7.21. The standard InChI is InChI=1S/C16H22BF2NO2/c1-14(2)15(3,4)22-17(21-14)12-6-5-7-13(10-12)20-9-8-16(18,19)11-20/h5-7,10H,8-9,11H2,1-4H3. The predicted octanol–water partition coefficient (Wildman–Crippen LogP) is 2.83. The third kappa shape index (κ3) is 2.74. The number of nitrogens with zero attached hydrogens (tertiary/aromatic N) is 1. The van der Waals surface area contributed by atoms with Crippen LogP contribution in [0, 0.1) is 0 Å². The summed E-state index contributed by atoms with van der Waals surface area (Å²) in [4.78, 5) is 1.72. The highest BCUT2D eigenvalue weighted by Gasteiger charge is 2.51. The maximum atomic E-state index is 13.4. The highest BCUT2D eigenvalue weighted by molar-refractivity contribution is 6.62. The fourth-order valence-electron chi connectivity index (χ4n) is 2.80. The van der Waals surface area contributed by atoms with Crippen LogP contribution < -0.4 is 10.4 Å². The molecule has 6 heteroatoms. The molecule has 0 radical (unpaired) electrons. The average Bonchev–Trinajstić information content (AvgIpc) is 2.87. The van der Waals surface area contributed by atoms with Crippen LogP contribution in [-0.4, -0.2) is 37.3 Å². The second-order valence-corrected chi connectivity index (χ2v) is 7.21. The normalized spacial score (nSPS) is 25.7. The zero-order valence-corrected chi connectivity index (χ0v) is 13.5. The molecule has 0 N–H and O–H groups in total. The van der Waals surface area contributed by atoms with Crippen molar-refractivity contribution in [3.8, 4) is 0 Å². The molecule has 0 bridgehead atoms. The molecule has 1 aromatic rings. The minimum absolute atomic E-state index is 0.0896. The Labute approximate surface area is 130 Å². The van der Waals surface area contributed by atoms with Gasteiger partial charge in [-0.05, 0) is 45.3 Å². The Kier molecular flexibility index (Phi) is 3.53. The van der Waals surface area contributed by atoms with Crippen molar-refractivity contribution in [3.63, 3.8) is 0 Å². The fraction of sp³-hybridized carbons (Fsp3) is 0.625. The number of hydrogen-bond acceptors (Lipinski definition) is 3. The molecule has 0 amide bonds. The van der Waals surface area contributed by atoms with Crippen LogP contribution in [0.2, 0.25) is 0 Å². The molecule has 0 atom stereocenters. The summed E-state index contributed by atoms with van der Waals surface area (Å²) in [6.45, 7) is 8.14. The van der Waals surface area contributed by atoms with Crippen LogP contribution >= 0.6 is 0 Å². The number of hydrogen-bond donors (Lipinski definition) is 0. The van der Waals surface area contributed by atoms with E-state index in [2.05, 4.69) is 0 Å². The van der Waals surface area contributed by atoms with E-state index in [9.17, 15) is 8.78 Å². The van der Waals surface area contributed by atoms with Crippen molar-refractivity contribution in [2.75, 3.05) is 18.0 Å². The lowest BCUT2D eigenvalue weighted by molar-refractivity contribution is 0.00578. The third-order valence-electron chi connectivity index (χ3n) is 4.93. The summed E-state index contributed by atoms with van der Waals surface area (Å²) in [6.07, 6.45) is -0.0896. The van der Waals surface area contributed by atoms with E-state index in [4.69, 9.17) is 9.31 Å². The quantitative estimate of drug-likeness (QED) is 0.784. The van der Waals surface area contributed by atoms with E-state index >= 15 is 0 Å². The lowest BCUT2D eigenvalue weighted by Crippen LogP contribution is -2.41. The van der Waals surface area contributed by atoms with Crippen LogP contribution in [0.25, 0.3) is 0 Å². The van der Waals surface area contributed by atoms with E-state index in [0.717, 1.165) is 11.2 Å². The van der Waals surface area contributed by atoms with Crippen molar-refractivity contribution in [1.29, 1.82) is 0 Å². The molecule has 0 spiro atoms. The lowest BCUT2D eigenvalue weighted by atomic mass is 9.79. The molecule has 1 aromatic carbocycles. The van der Waals surface area contributed by atoms with Gasteiger partial charge in [0.2, 0.25) is 0 Å². The molecule has 2 aliphatic rings. The Morgan fingerprint density at radius 1 is 1.09 bits per heavy atom. The SMILES string of the molecule is CC1(C)OB(c2cccc(N3CCC(F)(F)C3)c2)OC1(C)C. The monoisotopic (exact) mass is 309 g/mol. The van der Waals surface area contributed by atoms with Crippen molar-refractivity contribution in [1.82, 2.24) is 0 Å². The van der Waals surface area contributed by atoms with Gasteiger partial charge in [-0.3, -0.25) is 0 Å². The molecule has 120 valence electrons. The van der Waals surface area contributed by atoms with Gasteiger partial charge in [-0.1, -0.05) is 12.1 Å². The number of anilines is 1. The van der Waals surface area contributed by atoms with Crippen molar-refractivity contribution in [2.24, 2.45) is 0 Å². The first kappa shape index (κ1) is 15.7. The Hall–Kier alpha value is -1.14. The molecule has 3 rings (SSSR count). The third-order valence-corrected chi connectivity index (χ3v) is 4.93. The summed E-state index contributed by atoms with van der Waals surface area (Å²) in [5.41, 5.74) is 0.846. The Balaban J connectivity index is 1.81. The van der Waals surface area contributed by atoms with E-state index in [-0.39, 0.29) is 13.0 Å². The molecule has 2 heterocycles. The van der Waals surface area contributed by atoms with Gasteiger partial charge in [0.25, 0.3) is 5.92 Å². The molecule has 2 aliphatic heterocycles. The van der Waals surface area contributed by atoms with E-state index in [1.54, 1.807) is 4.90 Å². The van der Waals surface area contributed by atoms with Crippen molar-refractivity contribution in [2.45, 2.75) is 51.2 Å². The van der Waals surface area contributed by atoms with Gasteiger partial charge >= 0.3 is 7.12 Å². The van der Waals surface area contributed by atoms with E-state index in [1.807, 2.05) is 52.0 Å².